The van der Waals surface area contributed by atoms with Gasteiger partial charge in [0.05, 0.1) is 13.2 Å². The van der Waals surface area contributed by atoms with Gasteiger partial charge < -0.3 is 19.8 Å². The van der Waals surface area contributed by atoms with Crippen LogP contribution in [-0.2, 0) is 4.74 Å². The molecule has 0 unspecified atom stereocenters. The van der Waals surface area contributed by atoms with E-state index < -0.39 is 0 Å². The summed E-state index contributed by atoms with van der Waals surface area (Å²) in [6.07, 6.45) is 1.26. The molecule has 1 saturated heterocycles. The zero-order valence-electron chi connectivity index (χ0n) is 17.0. The number of phenols is 1. The van der Waals surface area contributed by atoms with Gasteiger partial charge in [-0.05, 0) is 47.8 Å². The van der Waals surface area contributed by atoms with Gasteiger partial charge >= 0.3 is 0 Å². The first kappa shape index (κ1) is 20.1. The standard InChI is InChI=1S/C23H25N3O4/c1-17-13-18(5-6-23(17)27)21-15-22(26(28)16-24-21)19-3-2-4-20(14-19)30-12-9-25-7-10-29-11-8-25/h2-6,13-16,27H,7-12H2,1H3. The van der Waals surface area contributed by atoms with Gasteiger partial charge in [0.25, 0.3) is 6.33 Å². The van der Waals surface area contributed by atoms with Gasteiger partial charge in [0, 0.05) is 36.8 Å². The first-order chi connectivity index (χ1) is 14.6. The molecule has 4 rings (SSSR count). The molecule has 2 heterocycles. The summed E-state index contributed by atoms with van der Waals surface area (Å²) in [5.74, 6) is 0.954. The van der Waals surface area contributed by atoms with E-state index in [9.17, 15) is 10.3 Å². The number of phenolic OH excluding ortho intramolecular Hbond substituents is 1. The number of ether oxygens (including phenoxy) is 2. The Hall–Kier alpha value is -3.16. The number of rotatable bonds is 6. The normalized spacial score (nSPS) is 14.6. The molecule has 1 aliphatic rings. The first-order valence-electron chi connectivity index (χ1n) is 10.0. The number of aromatic nitrogens is 2. The average molecular weight is 407 g/mol. The lowest BCUT2D eigenvalue weighted by atomic mass is 10.1. The van der Waals surface area contributed by atoms with E-state index in [1.807, 2.05) is 37.3 Å². The molecule has 0 aliphatic carbocycles. The van der Waals surface area contributed by atoms with Crippen LogP contribution in [0.15, 0.2) is 54.9 Å². The number of aryl methyl sites for hydroxylation is 1. The van der Waals surface area contributed by atoms with Gasteiger partial charge in [-0.1, -0.05) is 12.1 Å². The lowest BCUT2D eigenvalue weighted by Gasteiger charge is -2.26. The van der Waals surface area contributed by atoms with E-state index in [2.05, 4.69) is 9.88 Å². The Balaban J connectivity index is 1.51. The van der Waals surface area contributed by atoms with Crippen LogP contribution in [0, 0.1) is 12.1 Å². The number of benzene rings is 2. The van der Waals surface area contributed by atoms with E-state index in [-0.39, 0.29) is 5.75 Å². The highest BCUT2D eigenvalue weighted by atomic mass is 16.5. The Morgan fingerprint density at radius 3 is 2.77 bits per heavy atom. The van der Waals surface area contributed by atoms with E-state index in [4.69, 9.17) is 9.47 Å². The lowest BCUT2D eigenvalue weighted by Crippen LogP contribution is -2.38. The molecule has 1 N–H and O–H groups in total. The maximum Gasteiger partial charge on any atom is 0.290 e. The molecular formula is C23H25N3O4. The highest BCUT2D eigenvalue weighted by Gasteiger charge is 2.14. The average Bonchev–Trinajstić information content (AvgIpc) is 2.77. The molecule has 0 radical (unpaired) electrons. The molecule has 0 spiro atoms. The van der Waals surface area contributed by atoms with Gasteiger partial charge in [-0.15, -0.1) is 0 Å². The van der Waals surface area contributed by atoms with Crippen LogP contribution in [0.3, 0.4) is 0 Å². The smallest absolute Gasteiger partial charge is 0.290 e. The predicted octanol–water partition coefficient (Wildman–Crippen LogP) is 2.77. The quantitative estimate of drug-likeness (QED) is 0.500. The van der Waals surface area contributed by atoms with Crippen molar-refractivity contribution in [1.82, 2.24) is 9.88 Å². The minimum Gasteiger partial charge on any atom is -0.710 e. The van der Waals surface area contributed by atoms with Crippen molar-refractivity contribution in [3.63, 3.8) is 0 Å². The van der Waals surface area contributed by atoms with Gasteiger partial charge in [-0.3, -0.25) is 4.90 Å². The second-order valence-electron chi connectivity index (χ2n) is 7.32. The van der Waals surface area contributed by atoms with Crippen LogP contribution in [0.5, 0.6) is 11.5 Å². The van der Waals surface area contributed by atoms with E-state index in [0.29, 0.717) is 18.0 Å². The second kappa shape index (κ2) is 9.11. The van der Waals surface area contributed by atoms with E-state index in [1.54, 1.807) is 18.2 Å². The summed E-state index contributed by atoms with van der Waals surface area (Å²) >= 11 is 0. The number of morpholine rings is 1. The predicted molar refractivity (Wildman–Crippen MR) is 113 cm³/mol. The van der Waals surface area contributed by atoms with Crippen molar-refractivity contribution in [2.75, 3.05) is 39.5 Å². The molecule has 30 heavy (non-hydrogen) atoms. The van der Waals surface area contributed by atoms with Crippen LogP contribution in [0.2, 0.25) is 0 Å². The molecule has 2 aromatic carbocycles. The fourth-order valence-corrected chi connectivity index (χ4v) is 3.45. The minimum atomic E-state index is 0.232. The van der Waals surface area contributed by atoms with Crippen molar-refractivity contribution in [3.8, 4) is 34.0 Å². The number of hydrogen-bond acceptors (Lipinski definition) is 6. The molecule has 1 aromatic heterocycles. The highest BCUT2D eigenvalue weighted by molar-refractivity contribution is 5.67. The SMILES string of the molecule is Cc1cc(-c2cc(-c3cccc(OCCN4CCOCC4)c3)[n+]([O-])cn2)ccc1O. The summed E-state index contributed by atoms with van der Waals surface area (Å²) in [5.41, 5.74) is 3.51. The monoisotopic (exact) mass is 407 g/mol. The van der Waals surface area contributed by atoms with Crippen LogP contribution in [0.4, 0.5) is 0 Å². The molecule has 1 fully saturated rings. The fraction of sp³-hybridized carbons (Fsp3) is 0.304. The van der Waals surface area contributed by atoms with Crippen molar-refractivity contribution >= 4 is 0 Å². The summed E-state index contributed by atoms with van der Waals surface area (Å²) in [6.45, 7) is 6.64. The van der Waals surface area contributed by atoms with Gasteiger partial charge in [-0.25, -0.2) is 4.73 Å². The van der Waals surface area contributed by atoms with Gasteiger partial charge in [-0.2, -0.15) is 0 Å². The van der Waals surface area contributed by atoms with Crippen LogP contribution < -0.4 is 9.47 Å². The molecule has 7 heteroatoms. The third-order valence-electron chi connectivity index (χ3n) is 5.21. The summed E-state index contributed by atoms with van der Waals surface area (Å²) in [4.78, 5) is 6.56. The number of hydrogen-bond donors (Lipinski definition) is 1. The Bertz CT molecular complexity index is 1020. The zero-order chi connectivity index (χ0) is 20.9. The molecule has 0 amide bonds. The van der Waals surface area contributed by atoms with Gasteiger partial charge in [0.2, 0.25) is 0 Å². The lowest BCUT2D eigenvalue weighted by molar-refractivity contribution is -0.597. The first-order valence-corrected chi connectivity index (χ1v) is 10.0. The van der Waals surface area contributed by atoms with Crippen molar-refractivity contribution < 1.29 is 19.3 Å². The number of nitrogens with zero attached hydrogens (tertiary/aromatic N) is 3. The molecule has 0 bridgehead atoms. The molecule has 0 saturated carbocycles. The minimum absolute atomic E-state index is 0.232. The van der Waals surface area contributed by atoms with Crippen molar-refractivity contribution in [1.29, 1.82) is 0 Å². The molecule has 156 valence electrons. The van der Waals surface area contributed by atoms with Crippen molar-refractivity contribution in [3.05, 3.63) is 65.6 Å². The van der Waals surface area contributed by atoms with Crippen LogP contribution in [-0.4, -0.2) is 54.4 Å². The van der Waals surface area contributed by atoms with Gasteiger partial charge in [0.15, 0.2) is 5.69 Å². The molecule has 0 atom stereocenters. The van der Waals surface area contributed by atoms with Crippen molar-refractivity contribution in [2.45, 2.75) is 6.92 Å². The van der Waals surface area contributed by atoms with Gasteiger partial charge in [0.1, 0.15) is 23.8 Å². The summed E-state index contributed by atoms with van der Waals surface area (Å²) in [6, 6.07) is 14.5. The van der Waals surface area contributed by atoms with Crippen molar-refractivity contribution in [2.24, 2.45) is 0 Å². The summed E-state index contributed by atoms with van der Waals surface area (Å²) in [7, 11) is 0. The molecule has 7 nitrogen and oxygen atoms in total. The molecule has 3 aromatic rings. The fourth-order valence-electron chi connectivity index (χ4n) is 3.45. The molecular weight excluding hydrogens is 382 g/mol. The molecule has 1 aliphatic heterocycles. The Morgan fingerprint density at radius 1 is 1.13 bits per heavy atom. The summed E-state index contributed by atoms with van der Waals surface area (Å²) < 4.78 is 12.0. The summed E-state index contributed by atoms with van der Waals surface area (Å²) in [5, 5.41) is 22.2. The highest BCUT2D eigenvalue weighted by Crippen LogP contribution is 2.27. The zero-order valence-corrected chi connectivity index (χ0v) is 17.0. The third-order valence-corrected chi connectivity index (χ3v) is 5.21. The maximum absolute atomic E-state index is 12.4. The maximum atomic E-state index is 12.4. The van der Waals surface area contributed by atoms with E-state index in [0.717, 1.165) is 60.0 Å². The Morgan fingerprint density at radius 2 is 1.97 bits per heavy atom. The van der Waals surface area contributed by atoms with E-state index in [1.165, 1.54) is 6.33 Å². The largest absolute Gasteiger partial charge is 0.710 e. The second-order valence-corrected chi connectivity index (χ2v) is 7.32. The topological polar surface area (TPSA) is 81.8 Å². The van der Waals surface area contributed by atoms with E-state index >= 15 is 0 Å². The van der Waals surface area contributed by atoms with Crippen LogP contribution in [0.25, 0.3) is 22.5 Å². The Kier molecular flexibility index (Phi) is 6.11. The van der Waals surface area contributed by atoms with Crippen LogP contribution >= 0.6 is 0 Å². The third kappa shape index (κ3) is 4.69. The Labute approximate surface area is 175 Å². The van der Waals surface area contributed by atoms with Crippen LogP contribution in [0.1, 0.15) is 5.56 Å². The number of aromatic hydroxyl groups is 1.